The van der Waals surface area contributed by atoms with Crippen LogP contribution in [0.3, 0.4) is 0 Å². The molecule has 1 aliphatic heterocycles. The number of nitrogens with zero attached hydrogens (tertiary/aromatic N) is 1. The zero-order chi connectivity index (χ0) is 18.2. The molecule has 0 aromatic heterocycles. The molecule has 1 saturated heterocycles. The third-order valence-electron chi connectivity index (χ3n) is 4.71. The quantitative estimate of drug-likeness (QED) is 0.622. The highest BCUT2D eigenvalue weighted by molar-refractivity contribution is 6.19. The highest BCUT2D eigenvalue weighted by Gasteiger charge is 2.72. The number of amides is 1. The molecule has 1 fully saturated rings. The second-order valence-electron chi connectivity index (χ2n) is 6.10. The summed E-state index contributed by atoms with van der Waals surface area (Å²) in [7, 11) is 1.56. The molecule has 0 unspecified atom stereocenters. The summed E-state index contributed by atoms with van der Waals surface area (Å²) in [4.78, 5) is 39.1. The van der Waals surface area contributed by atoms with Crippen molar-refractivity contribution in [1.29, 1.82) is 0 Å². The second-order valence-corrected chi connectivity index (χ2v) is 6.10. The van der Waals surface area contributed by atoms with E-state index in [9.17, 15) is 14.4 Å². The molecule has 25 heavy (non-hydrogen) atoms. The van der Waals surface area contributed by atoms with Crippen molar-refractivity contribution in [2.24, 2.45) is 0 Å². The molecule has 0 N–H and O–H groups in total. The van der Waals surface area contributed by atoms with E-state index >= 15 is 0 Å². The van der Waals surface area contributed by atoms with E-state index in [-0.39, 0.29) is 17.5 Å². The third-order valence-corrected chi connectivity index (χ3v) is 4.71. The molecule has 1 heterocycles. The van der Waals surface area contributed by atoms with Crippen LogP contribution in [0.5, 0.6) is 5.75 Å². The SMILES string of the molecule is COc1ccc([C@H]2N(C(=O)c3ccccc3)C2(C(C)=O)C(C)=O)cc1. The topological polar surface area (TPSA) is 63.5 Å². The summed E-state index contributed by atoms with van der Waals surface area (Å²) in [5.74, 6) is -0.316. The molecule has 2 aromatic rings. The Morgan fingerprint density at radius 1 is 0.920 bits per heavy atom. The van der Waals surface area contributed by atoms with Gasteiger partial charge in [0.1, 0.15) is 5.75 Å². The van der Waals surface area contributed by atoms with E-state index in [1.54, 1.807) is 55.6 Å². The molecule has 2 aromatic carbocycles. The number of hydrogen-bond acceptors (Lipinski definition) is 4. The van der Waals surface area contributed by atoms with Gasteiger partial charge in [-0.3, -0.25) is 14.4 Å². The van der Waals surface area contributed by atoms with Crippen molar-refractivity contribution in [2.75, 3.05) is 7.11 Å². The summed E-state index contributed by atoms with van der Waals surface area (Å²) in [5, 5.41) is 0. The monoisotopic (exact) mass is 337 g/mol. The van der Waals surface area contributed by atoms with Crippen LogP contribution in [0, 0.1) is 0 Å². The molecule has 0 saturated carbocycles. The molecule has 1 aliphatic rings. The first-order chi connectivity index (χ1) is 11.9. The van der Waals surface area contributed by atoms with Gasteiger partial charge in [-0.15, -0.1) is 0 Å². The molecule has 5 heteroatoms. The van der Waals surface area contributed by atoms with Crippen LogP contribution in [0.15, 0.2) is 54.6 Å². The van der Waals surface area contributed by atoms with E-state index in [0.29, 0.717) is 11.3 Å². The summed E-state index contributed by atoms with van der Waals surface area (Å²) < 4.78 is 5.15. The predicted molar refractivity (Wildman–Crippen MR) is 92.4 cm³/mol. The minimum absolute atomic E-state index is 0.327. The first kappa shape index (κ1) is 16.9. The normalized spacial score (nSPS) is 17.7. The first-order valence-electron chi connectivity index (χ1n) is 7.99. The first-order valence-corrected chi connectivity index (χ1v) is 7.99. The van der Waals surface area contributed by atoms with Crippen LogP contribution in [0.25, 0.3) is 0 Å². The molecule has 1 amide bonds. The number of rotatable bonds is 5. The lowest BCUT2D eigenvalue weighted by molar-refractivity contribution is -0.129. The Bertz CT molecular complexity index is 813. The fraction of sp³-hybridized carbons (Fsp3) is 0.250. The Morgan fingerprint density at radius 3 is 1.96 bits per heavy atom. The lowest BCUT2D eigenvalue weighted by atomic mass is 9.92. The summed E-state index contributed by atoms with van der Waals surface area (Å²) >= 11 is 0. The molecule has 128 valence electrons. The average Bonchev–Trinajstić information content (AvgIpc) is 3.33. The Kier molecular flexibility index (Phi) is 4.17. The summed E-state index contributed by atoms with van der Waals surface area (Å²) in [6.07, 6.45) is 0. The molecule has 0 spiro atoms. The third kappa shape index (κ3) is 2.52. The minimum Gasteiger partial charge on any atom is -0.497 e. The predicted octanol–water partition coefficient (Wildman–Crippen LogP) is 2.81. The Balaban J connectivity index is 2.06. The fourth-order valence-electron chi connectivity index (χ4n) is 3.44. The van der Waals surface area contributed by atoms with Gasteiger partial charge in [0.15, 0.2) is 17.1 Å². The minimum atomic E-state index is -1.43. The van der Waals surface area contributed by atoms with Crippen molar-refractivity contribution < 1.29 is 19.1 Å². The van der Waals surface area contributed by atoms with Gasteiger partial charge in [0.2, 0.25) is 0 Å². The van der Waals surface area contributed by atoms with Crippen molar-refractivity contribution in [3.05, 3.63) is 65.7 Å². The number of ether oxygens (including phenoxy) is 1. The maximum atomic E-state index is 12.9. The number of methoxy groups -OCH3 is 1. The molecular formula is C20H19NO4. The average molecular weight is 337 g/mol. The highest BCUT2D eigenvalue weighted by atomic mass is 16.5. The van der Waals surface area contributed by atoms with Crippen LogP contribution in [0.4, 0.5) is 0 Å². The van der Waals surface area contributed by atoms with Crippen LogP contribution in [0.2, 0.25) is 0 Å². The van der Waals surface area contributed by atoms with Crippen molar-refractivity contribution in [3.63, 3.8) is 0 Å². The van der Waals surface area contributed by atoms with Crippen LogP contribution in [-0.4, -0.2) is 35.0 Å². The zero-order valence-corrected chi connectivity index (χ0v) is 14.4. The van der Waals surface area contributed by atoms with Crippen molar-refractivity contribution in [3.8, 4) is 5.75 Å². The van der Waals surface area contributed by atoms with Gasteiger partial charge in [0, 0.05) is 5.56 Å². The van der Waals surface area contributed by atoms with Gasteiger partial charge >= 0.3 is 0 Å². The van der Waals surface area contributed by atoms with E-state index in [2.05, 4.69) is 0 Å². The van der Waals surface area contributed by atoms with Gasteiger partial charge in [-0.25, -0.2) is 0 Å². The van der Waals surface area contributed by atoms with E-state index in [1.807, 2.05) is 6.07 Å². The number of hydrogen-bond donors (Lipinski definition) is 0. The standard InChI is InChI=1S/C20H19NO4/c1-13(22)20(14(2)23)18(15-9-11-17(25-3)12-10-15)21(20)19(24)16-7-5-4-6-8-16/h4-12,18H,1-3H3/t18-,21?/m1/s1. The second kappa shape index (κ2) is 6.16. The van der Waals surface area contributed by atoms with Crippen LogP contribution in [0.1, 0.15) is 35.8 Å². The Morgan fingerprint density at radius 2 is 1.48 bits per heavy atom. The number of benzene rings is 2. The molecule has 1 atom stereocenters. The lowest BCUT2D eigenvalue weighted by Crippen LogP contribution is -2.37. The maximum Gasteiger partial charge on any atom is 0.255 e. The van der Waals surface area contributed by atoms with Crippen molar-refractivity contribution in [2.45, 2.75) is 25.4 Å². The van der Waals surface area contributed by atoms with E-state index in [1.165, 1.54) is 18.7 Å². The largest absolute Gasteiger partial charge is 0.497 e. The van der Waals surface area contributed by atoms with Gasteiger partial charge < -0.3 is 9.64 Å². The van der Waals surface area contributed by atoms with Gasteiger partial charge in [-0.05, 0) is 43.7 Å². The van der Waals surface area contributed by atoms with Crippen LogP contribution < -0.4 is 4.74 Å². The van der Waals surface area contributed by atoms with Gasteiger partial charge in [-0.1, -0.05) is 30.3 Å². The molecule has 0 aliphatic carbocycles. The Hall–Kier alpha value is -2.95. The van der Waals surface area contributed by atoms with Crippen LogP contribution in [-0.2, 0) is 9.59 Å². The maximum absolute atomic E-state index is 12.9. The van der Waals surface area contributed by atoms with Gasteiger partial charge in [-0.2, -0.15) is 0 Å². The number of ketones is 2. The molecule has 5 nitrogen and oxygen atoms in total. The van der Waals surface area contributed by atoms with Gasteiger partial charge in [0.05, 0.1) is 13.2 Å². The lowest BCUT2D eigenvalue weighted by Gasteiger charge is -2.10. The number of carbonyl (C=O) groups excluding carboxylic acids is 3. The summed E-state index contributed by atoms with van der Waals surface area (Å²) in [6.45, 7) is 2.71. The molecule has 0 bridgehead atoms. The van der Waals surface area contributed by atoms with E-state index in [0.717, 1.165) is 5.56 Å². The van der Waals surface area contributed by atoms with E-state index < -0.39 is 11.6 Å². The summed E-state index contributed by atoms with van der Waals surface area (Å²) in [5.41, 5.74) is -0.248. The fourth-order valence-corrected chi connectivity index (χ4v) is 3.44. The van der Waals surface area contributed by atoms with Crippen molar-refractivity contribution >= 4 is 17.5 Å². The summed E-state index contributed by atoms with van der Waals surface area (Å²) in [6, 6.07) is 15.1. The molecule has 3 rings (SSSR count). The smallest absolute Gasteiger partial charge is 0.255 e. The highest BCUT2D eigenvalue weighted by Crippen LogP contribution is 2.55. The van der Waals surface area contributed by atoms with Gasteiger partial charge in [0.25, 0.3) is 5.91 Å². The number of Topliss-reactive ketones (excluding diaryl/α,β-unsaturated/α-hetero) is 2. The molecular weight excluding hydrogens is 318 g/mol. The zero-order valence-electron chi connectivity index (χ0n) is 14.4. The van der Waals surface area contributed by atoms with Crippen LogP contribution >= 0.6 is 0 Å². The Labute approximate surface area is 146 Å². The molecule has 0 radical (unpaired) electrons. The van der Waals surface area contributed by atoms with E-state index in [4.69, 9.17) is 4.74 Å². The van der Waals surface area contributed by atoms with Crippen molar-refractivity contribution in [1.82, 2.24) is 4.90 Å². The number of carbonyl (C=O) groups is 3.